The smallest absolute Gasteiger partial charge is 0.274 e. The minimum Gasteiger partial charge on any atom is -0.346 e. The number of fused-ring (bicyclic) bond motifs is 1. The molecule has 1 N–H and O–H groups in total. The number of carbonyl (C=O) groups excluding carboxylic acids is 1. The first-order valence-electron chi connectivity index (χ1n) is 9.53. The molecule has 1 amide bonds. The summed E-state index contributed by atoms with van der Waals surface area (Å²) in [7, 11) is 0. The Labute approximate surface area is 172 Å². The minimum absolute atomic E-state index is 0.0236. The van der Waals surface area contributed by atoms with Gasteiger partial charge >= 0.3 is 0 Å². The van der Waals surface area contributed by atoms with E-state index in [2.05, 4.69) is 20.3 Å². The van der Waals surface area contributed by atoms with Crippen LogP contribution in [0.25, 0.3) is 10.2 Å². The molecule has 0 spiro atoms. The number of halogens is 2. The van der Waals surface area contributed by atoms with E-state index in [9.17, 15) is 13.6 Å². The molecule has 0 aliphatic carbocycles. The van der Waals surface area contributed by atoms with Crippen LogP contribution >= 0.6 is 11.3 Å². The Balaban J connectivity index is 0.00000117. The molecule has 1 aliphatic heterocycles. The Hall–Kier alpha value is -2.68. The summed E-state index contributed by atoms with van der Waals surface area (Å²) in [5.74, 6) is -3.06. The fourth-order valence-electron chi connectivity index (χ4n) is 3.03. The van der Waals surface area contributed by atoms with Crippen molar-refractivity contribution in [1.29, 1.82) is 0 Å². The monoisotopic (exact) mass is 419 g/mol. The number of alkyl halides is 2. The molecule has 0 radical (unpaired) electrons. The van der Waals surface area contributed by atoms with E-state index >= 15 is 0 Å². The number of hydrogen-bond acceptors (Lipinski definition) is 6. The van der Waals surface area contributed by atoms with E-state index in [4.69, 9.17) is 0 Å². The number of thiophene rings is 1. The van der Waals surface area contributed by atoms with E-state index in [1.165, 1.54) is 11.3 Å². The van der Waals surface area contributed by atoms with E-state index < -0.39 is 18.4 Å². The van der Waals surface area contributed by atoms with E-state index in [1.54, 1.807) is 17.6 Å². The molecule has 3 aromatic rings. The van der Waals surface area contributed by atoms with Gasteiger partial charge in [-0.1, -0.05) is 19.9 Å². The number of nitrogens with zero attached hydrogens (tertiary/aromatic N) is 4. The molecular weight excluding hydrogens is 396 g/mol. The van der Waals surface area contributed by atoms with Crippen molar-refractivity contribution < 1.29 is 13.6 Å². The molecule has 1 aliphatic rings. The number of anilines is 1. The van der Waals surface area contributed by atoms with E-state index in [0.29, 0.717) is 10.2 Å². The maximum absolute atomic E-state index is 13.5. The first-order valence-corrected chi connectivity index (χ1v) is 10.4. The number of rotatable bonds is 4. The first kappa shape index (κ1) is 21.0. The molecule has 29 heavy (non-hydrogen) atoms. The van der Waals surface area contributed by atoms with Gasteiger partial charge in [0.05, 0.1) is 28.5 Å². The van der Waals surface area contributed by atoms with Crippen LogP contribution in [0.4, 0.5) is 14.7 Å². The Morgan fingerprint density at radius 1 is 1.28 bits per heavy atom. The van der Waals surface area contributed by atoms with Gasteiger partial charge in [0.1, 0.15) is 0 Å². The standard InChI is InChI=1S/C18H17F2N5OS.C2H6/c1-11(12-4-2-3-7-21-12)22-17-23-13-5-9-27-15(13)14(24-17)16(26)25-8-6-18(19,20)10-25;1-2/h2-5,7,9,11H,6,8,10H2,1H3,(H,22,23,24);1-2H3/t11-;/m0./s1. The molecule has 0 unspecified atom stereocenters. The van der Waals surface area contributed by atoms with Gasteiger partial charge in [-0.3, -0.25) is 9.78 Å². The predicted molar refractivity (Wildman–Crippen MR) is 111 cm³/mol. The second-order valence-electron chi connectivity index (χ2n) is 6.48. The third-order valence-electron chi connectivity index (χ3n) is 4.44. The number of aromatic nitrogens is 3. The number of carbonyl (C=O) groups is 1. The molecule has 0 saturated carbocycles. The Bertz CT molecular complexity index is 979. The summed E-state index contributed by atoms with van der Waals surface area (Å²) in [6, 6.07) is 7.19. The summed E-state index contributed by atoms with van der Waals surface area (Å²) in [6.07, 6.45) is 1.37. The van der Waals surface area contributed by atoms with Gasteiger partial charge in [0, 0.05) is 19.2 Å². The van der Waals surface area contributed by atoms with Crippen molar-refractivity contribution in [2.75, 3.05) is 18.4 Å². The van der Waals surface area contributed by atoms with Crippen LogP contribution in [0.15, 0.2) is 35.8 Å². The normalized spacial score (nSPS) is 16.2. The van der Waals surface area contributed by atoms with Crippen LogP contribution < -0.4 is 5.32 Å². The molecule has 1 saturated heterocycles. The van der Waals surface area contributed by atoms with Gasteiger partial charge < -0.3 is 10.2 Å². The lowest BCUT2D eigenvalue weighted by atomic mass is 10.2. The Morgan fingerprint density at radius 2 is 2.07 bits per heavy atom. The van der Waals surface area contributed by atoms with Crippen LogP contribution in [0, 0.1) is 0 Å². The molecule has 154 valence electrons. The van der Waals surface area contributed by atoms with E-state index in [1.807, 2.05) is 39.0 Å². The quantitative estimate of drug-likeness (QED) is 0.660. The topological polar surface area (TPSA) is 71.0 Å². The minimum atomic E-state index is -2.84. The third kappa shape index (κ3) is 4.67. The van der Waals surface area contributed by atoms with Crippen molar-refractivity contribution in [1.82, 2.24) is 19.9 Å². The number of hydrogen-bond donors (Lipinski definition) is 1. The SMILES string of the molecule is CC.C[C@H](Nc1nc(C(=O)N2CCC(F)(F)C2)c2sccc2n1)c1ccccn1. The highest BCUT2D eigenvalue weighted by atomic mass is 32.1. The highest BCUT2D eigenvalue weighted by Gasteiger charge is 2.41. The van der Waals surface area contributed by atoms with Gasteiger partial charge in [-0.05, 0) is 30.5 Å². The summed E-state index contributed by atoms with van der Waals surface area (Å²) in [5, 5.41) is 4.95. The third-order valence-corrected chi connectivity index (χ3v) is 5.35. The van der Waals surface area contributed by atoms with Crippen LogP contribution in [-0.2, 0) is 0 Å². The van der Waals surface area contributed by atoms with Crippen LogP contribution in [0.1, 0.15) is 49.4 Å². The van der Waals surface area contributed by atoms with Crippen LogP contribution in [0.5, 0.6) is 0 Å². The summed E-state index contributed by atoms with van der Waals surface area (Å²) in [4.78, 5) is 27.1. The maximum Gasteiger partial charge on any atom is 0.274 e. The fraction of sp³-hybridized carbons (Fsp3) is 0.400. The number of pyridine rings is 1. The molecule has 6 nitrogen and oxygen atoms in total. The van der Waals surface area contributed by atoms with Crippen molar-refractivity contribution in [2.45, 2.75) is 39.2 Å². The average molecular weight is 420 g/mol. The van der Waals surface area contributed by atoms with Gasteiger partial charge in [-0.15, -0.1) is 11.3 Å². The Kier molecular flexibility index (Phi) is 6.36. The van der Waals surface area contributed by atoms with E-state index in [-0.39, 0.29) is 30.6 Å². The highest BCUT2D eigenvalue weighted by molar-refractivity contribution is 7.17. The molecule has 1 atom stereocenters. The lowest BCUT2D eigenvalue weighted by Gasteiger charge is -2.17. The van der Waals surface area contributed by atoms with Gasteiger partial charge in [0.2, 0.25) is 5.95 Å². The first-order chi connectivity index (χ1) is 13.9. The Morgan fingerprint density at radius 3 is 2.72 bits per heavy atom. The largest absolute Gasteiger partial charge is 0.346 e. The molecule has 0 bridgehead atoms. The molecule has 4 heterocycles. The second-order valence-corrected chi connectivity index (χ2v) is 7.40. The second kappa shape index (κ2) is 8.77. The van der Waals surface area contributed by atoms with Crippen molar-refractivity contribution in [2.24, 2.45) is 0 Å². The van der Waals surface area contributed by atoms with Gasteiger partial charge in [-0.2, -0.15) is 0 Å². The zero-order chi connectivity index (χ0) is 21.0. The highest BCUT2D eigenvalue weighted by Crippen LogP contribution is 2.30. The van der Waals surface area contributed by atoms with E-state index in [0.717, 1.165) is 10.6 Å². The van der Waals surface area contributed by atoms with Crippen molar-refractivity contribution in [3.8, 4) is 0 Å². The molecule has 0 aromatic carbocycles. The van der Waals surface area contributed by atoms with Gasteiger partial charge in [-0.25, -0.2) is 18.7 Å². The molecular formula is C20H23F2N5OS. The molecule has 3 aromatic heterocycles. The van der Waals surface area contributed by atoms with Crippen molar-refractivity contribution in [3.05, 3.63) is 47.2 Å². The lowest BCUT2D eigenvalue weighted by Crippen LogP contribution is -2.32. The molecule has 9 heteroatoms. The van der Waals surface area contributed by atoms with Gasteiger partial charge in [0.25, 0.3) is 11.8 Å². The number of nitrogens with one attached hydrogen (secondary N) is 1. The zero-order valence-corrected chi connectivity index (χ0v) is 17.3. The average Bonchev–Trinajstić information content (AvgIpc) is 3.35. The molecule has 4 rings (SSSR count). The van der Waals surface area contributed by atoms with Crippen LogP contribution in [0.2, 0.25) is 0 Å². The summed E-state index contributed by atoms with van der Waals surface area (Å²) in [5.41, 5.74) is 1.57. The maximum atomic E-state index is 13.5. The fourth-order valence-corrected chi connectivity index (χ4v) is 3.84. The summed E-state index contributed by atoms with van der Waals surface area (Å²) < 4.78 is 27.6. The van der Waals surface area contributed by atoms with Crippen LogP contribution in [-0.4, -0.2) is 44.8 Å². The predicted octanol–water partition coefficient (Wildman–Crippen LogP) is 4.77. The molecule has 1 fully saturated rings. The summed E-state index contributed by atoms with van der Waals surface area (Å²) >= 11 is 1.32. The lowest BCUT2D eigenvalue weighted by molar-refractivity contribution is 0.0120. The van der Waals surface area contributed by atoms with Gasteiger partial charge in [0.15, 0.2) is 5.69 Å². The van der Waals surface area contributed by atoms with Crippen LogP contribution in [0.3, 0.4) is 0 Å². The number of likely N-dealkylation sites (tertiary alicyclic amines) is 1. The number of amides is 1. The zero-order valence-electron chi connectivity index (χ0n) is 16.5. The summed E-state index contributed by atoms with van der Waals surface area (Å²) in [6.45, 7) is 5.36. The van der Waals surface area contributed by atoms with Crippen molar-refractivity contribution in [3.63, 3.8) is 0 Å². The van der Waals surface area contributed by atoms with Crippen molar-refractivity contribution >= 4 is 33.4 Å².